The number of aryl methyl sites for hydroxylation is 3. The second-order valence-electron chi connectivity index (χ2n) is 6.65. The van der Waals surface area contributed by atoms with Gasteiger partial charge in [0, 0.05) is 48.0 Å². The molecule has 1 amide bonds. The molecule has 3 N–H and O–H groups in total. The molecule has 0 saturated carbocycles. The molecule has 0 saturated heterocycles. The van der Waals surface area contributed by atoms with Crippen LogP contribution < -0.4 is 16.0 Å². The number of carbonyl (C=O) groups is 1. The molecular formula is C20H29BrN6O. The zero-order valence-electron chi connectivity index (χ0n) is 17.2. The number of guanidine groups is 1. The summed E-state index contributed by atoms with van der Waals surface area (Å²) < 4.78 is 2.81. The quantitative estimate of drug-likeness (QED) is 0.448. The highest BCUT2D eigenvalue weighted by molar-refractivity contribution is 9.10. The normalized spacial score (nSPS) is 11.4. The predicted octanol–water partition coefficient (Wildman–Crippen LogP) is 3.19. The average Bonchev–Trinajstić information content (AvgIpc) is 2.88. The van der Waals surface area contributed by atoms with Crippen molar-refractivity contribution in [2.24, 2.45) is 12.0 Å². The van der Waals surface area contributed by atoms with Crippen molar-refractivity contribution in [3.8, 4) is 0 Å². The van der Waals surface area contributed by atoms with E-state index in [9.17, 15) is 4.79 Å². The van der Waals surface area contributed by atoms with Crippen LogP contribution in [0.25, 0.3) is 0 Å². The number of rotatable bonds is 7. The molecule has 28 heavy (non-hydrogen) atoms. The number of nitrogens with one attached hydrogen (secondary N) is 3. The van der Waals surface area contributed by atoms with Crippen LogP contribution in [0.3, 0.4) is 0 Å². The van der Waals surface area contributed by atoms with Gasteiger partial charge in [0.1, 0.15) is 0 Å². The number of hydrogen-bond donors (Lipinski definition) is 3. The lowest BCUT2D eigenvalue weighted by atomic mass is 10.2. The third-order valence-electron chi connectivity index (χ3n) is 4.52. The summed E-state index contributed by atoms with van der Waals surface area (Å²) in [4.78, 5) is 16.9. The highest BCUT2D eigenvalue weighted by atomic mass is 79.9. The fourth-order valence-electron chi connectivity index (χ4n) is 2.78. The molecule has 1 aromatic heterocycles. The standard InChI is InChI=1S/C20H29BrN6O/c1-6-22-20(24-12-17-14(3)26-27(5)15(17)4)23-10-9-19(28)25-18-11-16(21)8-7-13(18)2/h7-8,11H,6,9-10,12H2,1-5H3,(H,25,28)(H2,22,23,24). The molecule has 8 heteroatoms. The van der Waals surface area contributed by atoms with Gasteiger partial charge < -0.3 is 16.0 Å². The molecule has 0 fully saturated rings. The predicted molar refractivity (Wildman–Crippen MR) is 118 cm³/mol. The van der Waals surface area contributed by atoms with E-state index in [0.29, 0.717) is 25.5 Å². The van der Waals surface area contributed by atoms with Crippen molar-refractivity contribution in [3.05, 3.63) is 45.2 Å². The molecule has 152 valence electrons. The van der Waals surface area contributed by atoms with Gasteiger partial charge in [-0.2, -0.15) is 5.10 Å². The van der Waals surface area contributed by atoms with Gasteiger partial charge in [0.05, 0.1) is 12.2 Å². The number of aliphatic imine (C=N–C) groups is 1. The first-order valence-corrected chi connectivity index (χ1v) is 10.2. The highest BCUT2D eigenvalue weighted by Gasteiger charge is 2.10. The van der Waals surface area contributed by atoms with E-state index >= 15 is 0 Å². The Bertz CT molecular complexity index is 859. The molecule has 0 bridgehead atoms. The van der Waals surface area contributed by atoms with Gasteiger partial charge in [0.25, 0.3) is 0 Å². The van der Waals surface area contributed by atoms with Crippen LogP contribution in [-0.4, -0.2) is 34.7 Å². The summed E-state index contributed by atoms with van der Waals surface area (Å²) in [6, 6.07) is 5.83. The highest BCUT2D eigenvalue weighted by Crippen LogP contribution is 2.20. The summed E-state index contributed by atoms with van der Waals surface area (Å²) >= 11 is 3.43. The van der Waals surface area contributed by atoms with E-state index in [4.69, 9.17) is 0 Å². The Morgan fingerprint density at radius 3 is 2.64 bits per heavy atom. The fraction of sp³-hybridized carbons (Fsp3) is 0.450. The summed E-state index contributed by atoms with van der Waals surface area (Å²) in [5, 5.41) is 13.8. The van der Waals surface area contributed by atoms with Crippen molar-refractivity contribution in [2.45, 2.75) is 40.7 Å². The van der Waals surface area contributed by atoms with E-state index in [1.165, 1.54) is 0 Å². The first-order chi connectivity index (χ1) is 13.3. The Hall–Kier alpha value is -2.35. The number of benzene rings is 1. The van der Waals surface area contributed by atoms with E-state index < -0.39 is 0 Å². The maximum absolute atomic E-state index is 12.2. The lowest BCUT2D eigenvalue weighted by Gasteiger charge is -2.12. The molecule has 0 radical (unpaired) electrons. The van der Waals surface area contributed by atoms with Crippen molar-refractivity contribution in [1.29, 1.82) is 0 Å². The van der Waals surface area contributed by atoms with E-state index in [0.717, 1.165) is 39.2 Å². The summed E-state index contributed by atoms with van der Waals surface area (Å²) in [6.45, 7) is 9.81. The van der Waals surface area contributed by atoms with Gasteiger partial charge in [-0.15, -0.1) is 0 Å². The van der Waals surface area contributed by atoms with Crippen LogP contribution in [0.2, 0.25) is 0 Å². The number of amides is 1. The molecule has 7 nitrogen and oxygen atoms in total. The molecule has 1 aromatic carbocycles. The molecule has 0 unspecified atom stereocenters. The molecular weight excluding hydrogens is 420 g/mol. The van der Waals surface area contributed by atoms with E-state index in [1.807, 2.05) is 57.6 Å². The van der Waals surface area contributed by atoms with Gasteiger partial charge in [0.15, 0.2) is 5.96 Å². The monoisotopic (exact) mass is 448 g/mol. The smallest absolute Gasteiger partial charge is 0.226 e. The average molecular weight is 449 g/mol. The van der Waals surface area contributed by atoms with Gasteiger partial charge in [-0.05, 0) is 45.4 Å². The number of anilines is 1. The maximum Gasteiger partial charge on any atom is 0.226 e. The van der Waals surface area contributed by atoms with Gasteiger partial charge in [-0.1, -0.05) is 22.0 Å². The third-order valence-corrected chi connectivity index (χ3v) is 5.01. The number of nitrogens with zero attached hydrogens (tertiary/aromatic N) is 3. The van der Waals surface area contributed by atoms with Crippen molar-refractivity contribution < 1.29 is 4.79 Å². The molecule has 2 rings (SSSR count). The minimum absolute atomic E-state index is 0.0384. The van der Waals surface area contributed by atoms with Crippen LogP contribution in [0, 0.1) is 20.8 Å². The van der Waals surface area contributed by atoms with Crippen molar-refractivity contribution >= 4 is 33.5 Å². The molecule has 0 atom stereocenters. The largest absolute Gasteiger partial charge is 0.357 e. The number of carbonyl (C=O) groups excluding carboxylic acids is 1. The topological polar surface area (TPSA) is 83.3 Å². The fourth-order valence-corrected chi connectivity index (χ4v) is 3.14. The summed E-state index contributed by atoms with van der Waals surface area (Å²) in [7, 11) is 1.94. The molecule has 0 spiro atoms. The molecule has 0 aliphatic heterocycles. The number of aromatic nitrogens is 2. The maximum atomic E-state index is 12.2. The van der Waals surface area contributed by atoms with Gasteiger partial charge in [-0.25, -0.2) is 4.99 Å². The molecule has 0 aliphatic rings. The lowest BCUT2D eigenvalue weighted by molar-refractivity contribution is -0.116. The SMILES string of the molecule is CCNC(=NCc1c(C)nn(C)c1C)NCCC(=O)Nc1cc(Br)ccc1C. The van der Waals surface area contributed by atoms with Crippen molar-refractivity contribution in [1.82, 2.24) is 20.4 Å². The number of halogens is 1. The van der Waals surface area contributed by atoms with E-state index in [1.54, 1.807) is 0 Å². The Balaban J connectivity index is 1.90. The van der Waals surface area contributed by atoms with Gasteiger partial charge >= 0.3 is 0 Å². The summed E-state index contributed by atoms with van der Waals surface area (Å²) in [6.07, 6.45) is 0.349. The van der Waals surface area contributed by atoms with Crippen LogP contribution in [0.1, 0.15) is 35.9 Å². The Morgan fingerprint density at radius 1 is 1.25 bits per heavy atom. The summed E-state index contributed by atoms with van der Waals surface area (Å²) in [5.41, 5.74) is 5.08. The Labute approximate surface area is 175 Å². The second kappa shape index (κ2) is 10.3. The van der Waals surface area contributed by atoms with Crippen LogP contribution in [0.5, 0.6) is 0 Å². The van der Waals surface area contributed by atoms with Crippen LogP contribution >= 0.6 is 15.9 Å². The number of hydrogen-bond acceptors (Lipinski definition) is 3. The van der Waals surface area contributed by atoms with Crippen molar-refractivity contribution in [3.63, 3.8) is 0 Å². The van der Waals surface area contributed by atoms with Crippen LogP contribution in [0.4, 0.5) is 5.69 Å². The first kappa shape index (κ1) is 21.9. The van der Waals surface area contributed by atoms with Crippen LogP contribution in [-0.2, 0) is 18.4 Å². The van der Waals surface area contributed by atoms with Crippen LogP contribution in [0.15, 0.2) is 27.7 Å². The molecule has 2 aromatic rings. The Kier molecular flexibility index (Phi) is 8.04. The zero-order valence-corrected chi connectivity index (χ0v) is 18.8. The second-order valence-corrected chi connectivity index (χ2v) is 7.57. The zero-order chi connectivity index (χ0) is 20.7. The van der Waals surface area contributed by atoms with E-state index in [2.05, 4.69) is 42.0 Å². The molecule has 1 heterocycles. The minimum atomic E-state index is -0.0384. The Morgan fingerprint density at radius 2 is 2.00 bits per heavy atom. The van der Waals surface area contributed by atoms with E-state index in [-0.39, 0.29) is 5.91 Å². The minimum Gasteiger partial charge on any atom is -0.357 e. The first-order valence-electron chi connectivity index (χ1n) is 9.39. The van der Waals surface area contributed by atoms with Crippen molar-refractivity contribution in [2.75, 3.05) is 18.4 Å². The van der Waals surface area contributed by atoms with Gasteiger partial charge in [-0.3, -0.25) is 9.48 Å². The lowest BCUT2D eigenvalue weighted by Crippen LogP contribution is -2.38. The molecule has 0 aliphatic carbocycles. The third kappa shape index (κ3) is 6.09. The van der Waals surface area contributed by atoms with Gasteiger partial charge in [0.2, 0.25) is 5.91 Å². The summed E-state index contributed by atoms with van der Waals surface area (Å²) in [5.74, 6) is 0.653.